The van der Waals surface area contributed by atoms with Crippen LogP contribution in [0.4, 0.5) is 10.1 Å². The van der Waals surface area contributed by atoms with Crippen LogP contribution in [0.15, 0.2) is 29.6 Å². The molecular weight excluding hydrogens is 376 g/mol. The molecule has 1 aromatic heterocycles. The van der Waals surface area contributed by atoms with Crippen molar-refractivity contribution in [3.8, 4) is 0 Å². The molecule has 0 saturated heterocycles. The van der Waals surface area contributed by atoms with Crippen LogP contribution in [0.5, 0.6) is 0 Å². The number of amides is 1. The zero-order chi connectivity index (χ0) is 12.4. The van der Waals surface area contributed by atoms with Crippen LogP contribution in [-0.4, -0.2) is 5.91 Å². The summed E-state index contributed by atoms with van der Waals surface area (Å²) in [5.74, 6) is -0.684. The predicted octanol–water partition coefficient (Wildman–Crippen LogP) is 4.40. The molecular formula is C11H6ClFINOS. The minimum absolute atomic E-state index is 0.184. The summed E-state index contributed by atoms with van der Waals surface area (Å²) >= 11 is 9.43. The number of benzene rings is 1. The van der Waals surface area contributed by atoms with E-state index in [1.807, 2.05) is 0 Å². The average Bonchev–Trinajstić information content (AvgIpc) is 2.69. The molecule has 1 heterocycles. The summed E-state index contributed by atoms with van der Waals surface area (Å²) in [6.45, 7) is 0. The number of anilines is 1. The van der Waals surface area contributed by atoms with E-state index < -0.39 is 5.82 Å². The van der Waals surface area contributed by atoms with E-state index in [9.17, 15) is 9.18 Å². The molecule has 6 heteroatoms. The van der Waals surface area contributed by atoms with Crippen LogP contribution < -0.4 is 5.32 Å². The molecule has 1 amide bonds. The third-order valence-electron chi connectivity index (χ3n) is 2.01. The molecule has 0 atom stereocenters. The SMILES string of the molecule is O=C(Nc1ccc(F)cc1Cl)c1csc(I)c1. The van der Waals surface area contributed by atoms with Gasteiger partial charge in [0.2, 0.25) is 0 Å². The molecule has 0 radical (unpaired) electrons. The van der Waals surface area contributed by atoms with Gasteiger partial charge in [0.1, 0.15) is 5.82 Å². The normalized spacial score (nSPS) is 10.3. The highest BCUT2D eigenvalue weighted by Gasteiger charge is 2.10. The number of halogens is 3. The van der Waals surface area contributed by atoms with Crippen molar-refractivity contribution in [3.63, 3.8) is 0 Å². The topological polar surface area (TPSA) is 29.1 Å². The summed E-state index contributed by atoms with van der Waals surface area (Å²) in [6, 6.07) is 5.62. The third kappa shape index (κ3) is 3.17. The molecule has 0 spiro atoms. The minimum atomic E-state index is -0.432. The molecule has 0 aliphatic rings. The van der Waals surface area contributed by atoms with Crippen LogP contribution in [0.2, 0.25) is 5.02 Å². The van der Waals surface area contributed by atoms with E-state index in [1.165, 1.54) is 23.5 Å². The quantitative estimate of drug-likeness (QED) is 0.768. The Hall–Kier alpha value is -0.660. The molecule has 0 aliphatic heterocycles. The van der Waals surface area contributed by atoms with Crippen molar-refractivity contribution in [1.29, 1.82) is 0 Å². The van der Waals surface area contributed by atoms with Crippen LogP contribution in [0.25, 0.3) is 0 Å². The molecule has 0 aliphatic carbocycles. The van der Waals surface area contributed by atoms with Gasteiger partial charge in [-0.05, 0) is 46.9 Å². The standard InChI is InChI=1S/C11H6ClFINOS/c12-8-4-7(13)1-2-9(8)15-11(16)6-3-10(14)17-5-6/h1-5H,(H,15,16). The molecule has 88 valence electrons. The summed E-state index contributed by atoms with van der Waals surface area (Å²) in [4.78, 5) is 11.8. The Kier molecular flexibility index (Phi) is 4.01. The fourth-order valence-corrected chi connectivity index (χ4v) is 2.76. The number of hydrogen-bond donors (Lipinski definition) is 1. The average molecular weight is 382 g/mol. The van der Waals surface area contributed by atoms with Crippen LogP contribution in [0.3, 0.4) is 0 Å². The van der Waals surface area contributed by atoms with Crippen molar-refractivity contribution in [2.45, 2.75) is 0 Å². The van der Waals surface area contributed by atoms with Crippen molar-refractivity contribution < 1.29 is 9.18 Å². The molecule has 0 unspecified atom stereocenters. The first-order valence-electron chi connectivity index (χ1n) is 4.56. The largest absolute Gasteiger partial charge is 0.321 e. The van der Waals surface area contributed by atoms with Gasteiger partial charge in [-0.25, -0.2) is 4.39 Å². The lowest BCUT2D eigenvalue weighted by Crippen LogP contribution is -2.11. The van der Waals surface area contributed by atoms with Gasteiger partial charge in [0.15, 0.2) is 0 Å². The molecule has 0 saturated carbocycles. The Bertz CT molecular complexity index is 572. The van der Waals surface area contributed by atoms with Gasteiger partial charge in [0.05, 0.1) is 19.2 Å². The molecule has 2 rings (SSSR count). The number of nitrogens with one attached hydrogen (secondary N) is 1. The van der Waals surface area contributed by atoms with Gasteiger partial charge in [-0.1, -0.05) is 11.6 Å². The van der Waals surface area contributed by atoms with Crippen molar-refractivity contribution in [1.82, 2.24) is 0 Å². The Morgan fingerprint density at radius 2 is 2.18 bits per heavy atom. The zero-order valence-electron chi connectivity index (χ0n) is 8.34. The summed E-state index contributed by atoms with van der Waals surface area (Å²) < 4.78 is 13.8. The summed E-state index contributed by atoms with van der Waals surface area (Å²) in [6.07, 6.45) is 0. The highest BCUT2D eigenvalue weighted by molar-refractivity contribution is 14.1. The smallest absolute Gasteiger partial charge is 0.256 e. The lowest BCUT2D eigenvalue weighted by molar-refractivity contribution is 0.102. The molecule has 2 nitrogen and oxygen atoms in total. The second-order valence-corrected chi connectivity index (χ2v) is 6.43. The lowest BCUT2D eigenvalue weighted by Gasteiger charge is -2.05. The fourth-order valence-electron chi connectivity index (χ4n) is 1.21. The molecule has 1 aromatic carbocycles. The maximum absolute atomic E-state index is 12.8. The monoisotopic (exact) mass is 381 g/mol. The van der Waals surface area contributed by atoms with Gasteiger partial charge < -0.3 is 5.32 Å². The van der Waals surface area contributed by atoms with E-state index in [-0.39, 0.29) is 10.9 Å². The van der Waals surface area contributed by atoms with Crippen molar-refractivity contribution in [2.75, 3.05) is 5.32 Å². The van der Waals surface area contributed by atoms with E-state index in [4.69, 9.17) is 11.6 Å². The highest BCUT2D eigenvalue weighted by atomic mass is 127. The second kappa shape index (κ2) is 5.32. The van der Waals surface area contributed by atoms with Gasteiger partial charge in [-0.3, -0.25) is 4.79 Å². The molecule has 2 aromatic rings. The number of rotatable bonds is 2. The first-order valence-corrected chi connectivity index (χ1v) is 6.90. The molecule has 0 fully saturated rings. The van der Waals surface area contributed by atoms with Gasteiger partial charge in [0.25, 0.3) is 5.91 Å². The maximum atomic E-state index is 12.8. The molecule has 0 bridgehead atoms. The lowest BCUT2D eigenvalue weighted by atomic mass is 10.2. The van der Waals surface area contributed by atoms with Crippen molar-refractivity contribution in [3.05, 3.63) is 48.9 Å². The van der Waals surface area contributed by atoms with Crippen LogP contribution >= 0.6 is 45.5 Å². The van der Waals surface area contributed by atoms with E-state index in [0.29, 0.717) is 11.3 Å². The third-order valence-corrected chi connectivity index (χ3v) is 4.11. The second-order valence-electron chi connectivity index (χ2n) is 3.22. The Balaban J connectivity index is 2.18. The van der Waals surface area contributed by atoms with E-state index in [1.54, 1.807) is 11.4 Å². The van der Waals surface area contributed by atoms with Gasteiger partial charge in [0, 0.05) is 5.38 Å². The number of carbonyl (C=O) groups is 1. The van der Waals surface area contributed by atoms with Gasteiger partial charge in [-0.2, -0.15) is 0 Å². The maximum Gasteiger partial charge on any atom is 0.256 e. The van der Waals surface area contributed by atoms with Crippen LogP contribution in [0, 0.1) is 8.70 Å². The van der Waals surface area contributed by atoms with E-state index in [2.05, 4.69) is 27.9 Å². The summed E-state index contributed by atoms with van der Waals surface area (Å²) in [5.41, 5.74) is 0.971. The summed E-state index contributed by atoms with van der Waals surface area (Å²) in [7, 11) is 0. The summed E-state index contributed by atoms with van der Waals surface area (Å²) in [5, 5.41) is 4.57. The minimum Gasteiger partial charge on any atom is -0.321 e. The first kappa shape index (κ1) is 12.8. The number of hydrogen-bond acceptors (Lipinski definition) is 2. The first-order chi connectivity index (χ1) is 8.06. The Morgan fingerprint density at radius 1 is 1.41 bits per heavy atom. The molecule has 17 heavy (non-hydrogen) atoms. The Labute approximate surface area is 120 Å². The van der Waals surface area contributed by atoms with Crippen LogP contribution in [0.1, 0.15) is 10.4 Å². The van der Waals surface area contributed by atoms with Gasteiger partial charge in [-0.15, -0.1) is 11.3 Å². The number of thiophene rings is 1. The fraction of sp³-hybridized carbons (Fsp3) is 0. The highest BCUT2D eigenvalue weighted by Crippen LogP contribution is 2.24. The van der Waals surface area contributed by atoms with Crippen LogP contribution in [-0.2, 0) is 0 Å². The van der Waals surface area contributed by atoms with Crippen molar-refractivity contribution in [2.24, 2.45) is 0 Å². The van der Waals surface area contributed by atoms with E-state index in [0.717, 1.165) is 8.95 Å². The van der Waals surface area contributed by atoms with Crippen molar-refractivity contribution >= 4 is 57.1 Å². The predicted molar refractivity (Wildman–Crippen MR) is 76.4 cm³/mol. The Morgan fingerprint density at radius 3 is 2.76 bits per heavy atom. The van der Waals surface area contributed by atoms with Gasteiger partial charge >= 0.3 is 0 Å². The molecule has 1 N–H and O–H groups in total. The zero-order valence-corrected chi connectivity index (χ0v) is 12.1. The number of carbonyl (C=O) groups excluding carboxylic acids is 1. The van der Waals surface area contributed by atoms with E-state index >= 15 is 0 Å².